The lowest BCUT2D eigenvalue weighted by Crippen LogP contribution is -2.38. The lowest BCUT2D eigenvalue weighted by molar-refractivity contribution is 0.0364. The number of morpholine rings is 1. The molecule has 0 amide bonds. The molecule has 0 saturated carbocycles. The Hall–Kier alpha value is -1.72. The molecular formula is C15H19N3O2. The minimum absolute atomic E-state index is 0.0168. The lowest BCUT2D eigenvalue weighted by atomic mass is 10.3. The SMILES string of the molecule is CC(=O)c1nc2ccccc2n1CCN1CCOCC1. The Morgan fingerprint density at radius 3 is 2.75 bits per heavy atom. The molecule has 2 heterocycles. The van der Waals surface area contributed by atoms with E-state index in [9.17, 15) is 4.79 Å². The lowest BCUT2D eigenvalue weighted by Gasteiger charge is -2.26. The van der Waals surface area contributed by atoms with Gasteiger partial charge < -0.3 is 9.30 Å². The van der Waals surface area contributed by atoms with E-state index in [-0.39, 0.29) is 5.78 Å². The average molecular weight is 273 g/mol. The Labute approximate surface area is 118 Å². The normalized spacial score (nSPS) is 16.6. The number of carbonyl (C=O) groups excluding carboxylic acids is 1. The van der Waals surface area contributed by atoms with Crippen LogP contribution in [0.4, 0.5) is 0 Å². The van der Waals surface area contributed by atoms with Gasteiger partial charge >= 0.3 is 0 Å². The molecule has 5 nitrogen and oxygen atoms in total. The number of Topliss-reactive ketones (excluding diaryl/α,β-unsaturated/α-hetero) is 1. The molecule has 106 valence electrons. The first-order chi connectivity index (χ1) is 9.75. The van der Waals surface area contributed by atoms with Gasteiger partial charge in [0, 0.05) is 33.1 Å². The van der Waals surface area contributed by atoms with E-state index in [1.54, 1.807) is 6.92 Å². The number of hydrogen-bond donors (Lipinski definition) is 0. The maximum absolute atomic E-state index is 11.8. The number of ether oxygens (including phenoxy) is 1. The molecule has 0 atom stereocenters. The summed E-state index contributed by atoms with van der Waals surface area (Å²) in [6.45, 7) is 6.80. The summed E-state index contributed by atoms with van der Waals surface area (Å²) in [5.41, 5.74) is 1.92. The summed E-state index contributed by atoms with van der Waals surface area (Å²) in [6, 6.07) is 7.91. The zero-order valence-electron chi connectivity index (χ0n) is 11.7. The van der Waals surface area contributed by atoms with E-state index in [0.29, 0.717) is 5.82 Å². The van der Waals surface area contributed by atoms with Gasteiger partial charge in [-0.25, -0.2) is 4.98 Å². The van der Waals surface area contributed by atoms with Gasteiger partial charge in [0.25, 0.3) is 0 Å². The van der Waals surface area contributed by atoms with Crippen LogP contribution in [0, 0.1) is 0 Å². The summed E-state index contributed by atoms with van der Waals surface area (Å²) in [7, 11) is 0. The number of benzene rings is 1. The molecule has 5 heteroatoms. The molecule has 1 aromatic heterocycles. The van der Waals surface area contributed by atoms with Crippen LogP contribution in [0.5, 0.6) is 0 Å². The predicted octanol–water partition coefficient (Wildman–Crippen LogP) is 1.57. The molecule has 3 rings (SSSR count). The van der Waals surface area contributed by atoms with Gasteiger partial charge in [-0.15, -0.1) is 0 Å². The minimum Gasteiger partial charge on any atom is -0.379 e. The number of fused-ring (bicyclic) bond motifs is 1. The largest absolute Gasteiger partial charge is 0.379 e. The van der Waals surface area contributed by atoms with Crippen molar-refractivity contribution in [2.24, 2.45) is 0 Å². The first-order valence-electron chi connectivity index (χ1n) is 7.02. The van der Waals surface area contributed by atoms with Crippen LogP contribution < -0.4 is 0 Å². The third-order valence-corrected chi connectivity index (χ3v) is 3.71. The molecule has 20 heavy (non-hydrogen) atoms. The predicted molar refractivity (Wildman–Crippen MR) is 77.0 cm³/mol. The fourth-order valence-electron chi connectivity index (χ4n) is 2.64. The topological polar surface area (TPSA) is 47.4 Å². The summed E-state index contributed by atoms with van der Waals surface area (Å²) in [4.78, 5) is 18.6. The Morgan fingerprint density at radius 2 is 2.00 bits per heavy atom. The van der Waals surface area contributed by atoms with Gasteiger partial charge in [-0.3, -0.25) is 9.69 Å². The number of rotatable bonds is 4. The summed E-state index contributed by atoms with van der Waals surface area (Å²) in [5.74, 6) is 0.572. The molecule has 1 aliphatic heterocycles. The van der Waals surface area contributed by atoms with Crippen LogP contribution in [0.3, 0.4) is 0 Å². The van der Waals surface area contributed by atoms with Crippen molar-refractivity contribution in [1.82, 2.24) is 14.5 Å². The number of ketones is 1. The fourth-order valence-corrected chi connectivity index (χ4v) is 2.64. The molecule has 1 fully saturated rings. The molecular weight excluding hydrogens is 254 g/mol. The highest BCUT2D eigenvalue weighted by atomic mass is 16.5. The van der Waals surface area contributed by atoms with Crippen molar-refractivity contribution < 1.29 is 9.53 Å². The second-order valence-corrected chi connectivity index (χ2v) is 5.09. The van der Waals surface area contributed by atoms with Crippen molar-refractivity contribution in [3.63, 3.8) is 0 Å². The van der Waals surface area contributed by atoms with Crippen molar-refractivity contribution in [2.75, 3.05) is 32.8 Å². The molecule has 0 radical (unpaired) electrons. The summed E-state index contributed by atoms with van der Waals surface area (Å²) >= 11 is 0. The summed E-state index contributed by atoms with van der Waals surface area (Å²) < 4.78 is 7.39. The maximum Gasteiger partial charge on any atom is 0.195 e. The van der Waals surface area contributed by atoms with E-state index in [1.807, 2.05) is 28.8 Å². The smallest absolute Gasteiger partial charge is 0.195 e. The number of para-hydroxylation sites is 2. The summed E-state index contributed by atoms with van der Waals surface area (Å²) in [5, 5.41) is 0. The zero-order chi connectivity index (χ0) is 13.9. The first-order valence-corrected chi connectivity index (χ1v) is 7.02. The maximum atomic E-state index is 11.8. The molecule has 1 saturated heterocycles. The fraction of sp³-hybridized carbons (Fsp3) is 0.467. The van der Waals surface area contributed by atoms with E-state index in [2.05, 4.69) is 9.88 Å². The number of imidazole rings is 1. The Morgan fingerprint density at radius 1 is 1.25 bits per heavy atom. The van der Waals surface area contributed by atoms with Crippen LogP contribution in [0.2, 0.25) is 0 Å². The van der Waals surface area contributed by atoms with Gasteiger partial charge in [-0.05, 0) is 12.1 Å². The highest BCUT2D eigenvalue weighted by Crippen LogP contribution is 2.16. The van der Waals surface area contributed by atoms with Crippen molar-refractivity contribution in [3.8, 4) is 0 Å². The van der Waals surface area contributed by atoms with Gasteiger partial charge in [0.15, 0.2) is 11.6 Å². The second-order valence-electron chi connectivity index (χ2n) is 5.09. The van der Waals surface area contributed by atoms with Crippen molar-refractivity contribution >= 4 is 16.8 Å². The van der Waals surface area contributed by atoms with E-state index in [1.165, 1.54) is 0 Å². The number of aromatic nitrogens is 2. The monoisotopic (exact) mass is 273 g/mol. The van der Waals surface area contributed by atoms with Gasteiger partial charge in [0.05, 0.1) is 24.2 Å². The second kappa shape index (κ2) is 5.73. The Balaban J connectivity index is 1.84. The number of nitrogens with zero attached hydrogens (tertiary/aromatic N) is 3. The molecule has 1 aromatic carbocycles. The van der Waals surface area contributed by atoms with Gasteiger partial charge in [0.2, 0.25) is 0 Å². The van der Waals surface area contributed by atoms with Gasteiger partial charge in [-0.1, -0.05) is 12.1 Å². The summed E-state index contributed by atoms with van der Waals surface area (Å²) in [6.07, 6.45) is 0. The van der Waals surface area contributed by atoms with Crippen LogP contribution in [-0.2, 0) is 11.3 Å². The Kier molecular flexibility index (Phi) is 3.80. The van der Waals surface area contributed by atoms with E-state index < -0.39 is 0 Å². The van der Waals surface area contributed by atoms with Crippen LogP contribution >= 0.6 is 0 Å². The van der Waals surface area contributed by atoms with Gasteiger partial charge in [-0.2, -0.15) is 0 Å². The van der Waals surface area contributed by atoms with Crippen molar-refractivity contribution in [1.29, 1.82) is 0 Å². The number of hydrogen-bond acceptors (Lipinski definition) is 4. The van der Waals surface area contributed by atoms with E-state index in [0.717, 1.165) is 50.4 Å². The van der Waals surface area contributed by atoms with Crippen LogP contribution in [0.1, 0.15) is 17.5 Å². The van der Waals surface area contributed by atoms with Gasteiger partial charge in [0.1, 0.15) is 0 Å². The molecule has 0 bridgehead atoms. The molecule has 0 unspecified atom stereocenters. The Bertz CT molecular complexity index is 615. The highest BCUT2D eigenvalue weighted by Gasteiger charge is 2.16. The standard InChI is InChI=1S/C15H19N3O2/c1-12(19)15-16-13-4-2-3-5-14(13)18(15)7-6-17-8-10-20-11-9-17/h2-5H,6-11H2,1H3. The third kappa shape index (κ3) is 2.59. The average Bonchev–Trinajstić information content (AvgIpc) is 2.85. The van der Waals surface area contributed by atoms with E-state index >= 15 is 0 Å². The van der Waals surface area contributed by atoms with Crippen LogP contribution in [0.25, 0.3) is 11.0 Å². The molecule has 1 aliphatic rings. The molecule has 0 N–H and O–H groups in total. The number of carbonyl (C=O) groups is 1. The molecule has 2 aromatic rings. The van der Waals surface area contributed by atoms with E-state index in [4.69, 9.17) is 4.74 Å². The minimum atomic E-state index is 0.0168. The molecule has 0 spiro atoms. The van der Waals surface area contributed by atoms with Crippen molar-refractivity contribution in [3.05, 3.63) is 30.1 Å². The van der Waals surface area contributed by atoms with Crippen LogP contribution in [-0.4, -0.2) is 53.1 Å². The highest BCUT2D eigenvalue weighted by molar-refractivity contribution is 5.94. The first kappa shape index (κ1) is 13.3. The van der Waals surface area contributed by atoms with Crippen LogP contribution in [0.15, 0.2) is 24.3 Å². The van der Waals surface area contributed by atoms with Crippen molar-refractivity contribution in [2.45, 2.75) is 13.5 Å². The zero-order valence-corrected chi connectivity index (χ0v) is 11.7. The quantitative estimate of drug-likeness (QED) is 0.793. The third-order valence-electron chi connectivity index (χ3n) is 3.71. The molecule has 0 aliphatic carbocycles.